The Kier molecular flexibility index (Phi) is 8.78. The lowest BCUT2D eigenvalue weighted by Gasteiger charge is -2.21. The first-order valence-electron chi connectivity index (χ1n) is 14.7. The summed E-state index contributed by atoms with van der Waals surface area (Å²) < 4.78 is 32.9. The lowest BCUT2D eigenvalue weighted by atomic mass is 9.87. The van der Waals surface area contributed by atoms with Crippen LogP contribution in [0.2, 0.25) is 0 Å². The zero-order chi connectivity index (χ0) is 32.5. The van der Waals surface area contributed by atoms with Gasteiger partial charge in [0, 0.05) is 0 Å². The molecule has 5 aromatic rings. The second-order valence-corrected chi connectivity index (χ2v) is 14.2. The second-order valence-electron chi connectivity index (χ2n) is 12.2. The van der Waals surface area contributed by atoms with Crippen molar-refractivity contribution < 1.29 is 17.9 Å². The molecule has 1 N–H and O–H groups in total. The monoisotopic (exact) mass is 623 g/mol. The molecule has 0 bridgehead atoms. The Morgan fingerprint density at radius 3 is 2.13 bits per heavy atom. The minimum atomic E-state index is -3.66. The molecule has 4 aromatic carbocycles. The largest absolute Gasteiger partial charge is 0.465 e. The third-order valence-electron chi connectivity index (χ3n) is 7.87. The highest BCUT2D eigenvalue weighted by Gasteiger charge is 2.22. The fourth-order valence-electron chi connectivity index (χ4n) is 5.10. The van der Waals surface area contributed by atoms with Crippen LogP contribution in [0.1, 0.15) is 61.0 Å². The maximum absolute atomic E-state index is 14.2. The maximum Gasteiger partial charge on any atom is 0.337 e. The van der Waals surface area contributed by atoms with Crippen LogP contribution in [-0.4, -0.2) is 36.9 Å². The number of nitrogens with zero attached hydrogens (tertiary/aromatic N) is 2. The number of esters is 1. The first-order valence-corrected chi connectivity index (χ1v) is 16.3. The lowest BCUT2D eigenvalue weighted by Crippen LogP contribution is -2.32. The van der Waals surface area contributed by atoms with Crippen molar-refractivity contribution in [3.05, 3.63) is 124 Å². The average molecular weight is 624 g/mol. The standard InChI is InChI=1S/C36H37N3O5S/c1-23-7-16-29(17-8-23)39-33(24(2)37-22-45(42,43)30-18-14-28(15-19-30)36(3,4)5)38-32-20-13-27(21-31(32)34(39)40)25-9-11-26(12-10-25)35(41)44-6/h7-21,24,37H,22H2,1-6H3. The molecule has 0 aliphatic heterocycles. The highest BCUT2D eigenvalue weighted by molar-refractivity contribution is 7.91. The van der Waals surface area contributed by atoms with E-state index in [1.54, 1.807) is 55.5 Å². The number of fused-ring (bicyclic) bond motifs is 1. The summed E-state index contributed by atoms with van der Waals surface area (Å²) in [5, 5.41) is 3.51. The van der Waals surface area contributed by atoms with E-state index in [1.165, 1.54) is 11.7 Å². The molecule has 232 valence electrons. The molecule has 0 amide bonds. The number of aryl methyl sites for hydroxylation is 1. The topological polar surface area (TPSA) is 107 Å². The van der Waals surface area contributed by atoms with Gasteiger partial charge in [-0.15, -0.1) is 0 Å². The number of hydrogen-bond donors (Lipinski definition) is 1. The van der Waals surface area contributed by atoms with Crippen molar-refractivity contribution in [1.29, 1.82) is 0 Å². The van der Waals surface area contributed by atoms with Crippen molar-refractivity contribution in [3.8, 4) is 16.8 Å². The Hall–Kier alpha value is -4.60. The number of sulfone groups is 1. The first kappa shape index (κ1) is 31.8. The normalized spacial score (nSPS) is 12.7. The van der Waals surface area contributed by atoms with Gasteiger partial charge in [-0.1, -0.05) is 68.8 Å². The van der Waals surface area contributed by atoms with Gasteiger partial charge in [0.2, 0.25) is 0 Å². The van der Waals surface area contributed by atoms with Crippen LogP contribution in [0.5, 0.6) is 0 Å². The van der Waals surface area contributed by atoms with Gasteiger partial charge in [0.1, 0.15) is 11.7 Å². The van der Waals surface area contributed by atoms with Crippen LogP contribution in [0, 0.1) is 6.92 Å². The second kappa shape index (κ2) is 12.4. The fourth-order valence-corrected chi connectivity index (χ4v) is 6.29. The molecular weight excluding hydrogens is 586 g/mol. The van der Waals surface area contributed by atoms with E-state index >= 15 is 0 Å². The number of ether oxygens (including phenoxy) is 1. The molecule has 1 aromatic heterocycles. The van der Waals surface area contributed by atoms with Gasteiger partial charge in [0.25, 0.3) is 5.56 Å². The van der Waals surface area contributed by atoms with Crippen molar-refractivity contribution in [1.82, 2.24) is 14.9 Å². The van der Waals surface area contributed by atoms with E-state index < -0.39 is 21.8 Å². The predicted octanol–water partition coefficient (Wildman–Crippen LogP) is 6.53. The van der Waals surface area contributed by atoms with Crippen molar-refractivity contribution >= 4 is 26.7 Å². The summed E-state index contributed by atoms with van der Waals surface area (Å²) in [6, 6.07) is 26.3. The van der Waals surface area contributed by atoms with Crippen molar-refractivity contribution in [3.63, 3.8) is 0 Å². The smallest absolute Gasteiger partial charge is 0.337 e. The first-order chi connectivity index (χ1) is 21.3. The van der Waals surface area contributed by atoms with E-state index in [1.807, 2.05) is 49.4 Å². The number of rotatable bonds is 8. The molecular formula is C36H37N3O5S. The van der Waals surface area contributed by atoms with E-state index in [0.29, 0.717) is 28.0 Å². The third-order valence-corrected chi connectivity index (χ3v) is 9.41. The minimum absolute atomic E-state index is 0.0909. The van der Waals surface area contributed by atoms with Gasteiger partial charge in [0.15, 0.2) is 9.84 Å². The Morgan fingerprint density at radius 1 is 0.911 bits per heavy atom. The van der Waals surface area contributed by atoms with Crippen LogP contribution >= 0.6 is 0 Å². The van der Waals surface area contributed by atoms with E-state index in [9.17, 15) is 18.0 Å². The molecule has 45 heavy (non-hydrogen) atoms. The van der Waals surface area contributed by atoms with Crippen LogP contribution in [0.25, 0.3) is 27.7 Å². The zero-order valence-electron chi connectivity index (χ0n) is 26.3. The SMILES string of the molecule is COC(=O)c1ccc(-c2ccc3nc(C(C)NCS(=O)(=O)c4ccc(C(C)(C)C)cc4)n(-c4ccc(C)cc4)c(=O)c3c2)cc1. The number of aromatic nitrogens is 2. The van der Waals surface area contributed by atoms with Gasteiger partial charge < -0.3 is 4.74 Å². The van der Waals surface area contributed by atoms with Gasteiger partial charge in [-0.3, -0.25) is 14.7 Å². The van der Waals surface area contributed by atoms with Crippen LogP contribution in [0.15, 0.2) is 101 Å². The summed E-state index contributed by atoms with van der Waals surface area (Å²) in [6.45, 7) is 10.00. The molecule has 0 spiro atoms. The molecule has 8 nitrogen and oxygen atoms in total. The number of carbonyl (C=O) groups is 1. The van der Waals surface area contributed by atoms with Gasteiger partial charge in [0.05, 0.1) is 40.2 Å². The summed E-state index contributed by atoms with van der Waals surface area (Å²) in [4.78, 5) is 31.1. The molecule has 0 saturated carbocycles. The molecule has 0 aliphatic rings. The average Bonchev–Trinajstić information content (AvgIpc) is 3.03. The van der Waals surface area contributed by atoms with Gasteiger partial charge in [-0.2, -0.15) is 0 Å². The number of carbonyl (C=O) groups excluding carboxylic acids is 1. The van der Waals surface area contributed by atoms with Gasteiger partial charge >= 0.3 is 5.97 Å². The molecule has 9 heteroatoms. The van der Waals surface area contributed by atoms with Crippen molar-refractivity contribution in [2.45, 2.75) is 51.0 Å². The van der Waals surface area contributed by atoms with E-state index in [-0.39, 0.29) is 21.7 Å². The highest BCUT2D eigenvalue weighted by atomic mass is 32.2. The zero-order valence-corrected chi connectivity index (χ0v) is 27.1. The quantitative estimate of drug-likeness (QED) is 0.196. The van der Waals surface area contributed by atoms with Gasteiger partial charge in [-0.05, 0) is 84.5 Å². The number of nitrogens with one attached hydrogen (secondary N) is 1. The fraction of sp³-hybridized carbons (Fsp3) is 0.250. The van der Waals surface area contributed by atoms with Crippen molar-refractivity contribution in [2.75, 3.05) is 13.0 Å². The molecule has 0 aliphatic carbocycles. The summed E-state index contributed by atoms with van der Waals surface area (Å²) in [5.41, 5.74) is 4.87. The third kappa shape index (κ3) is 6.74. The molecule has 1 heterocycles. The minimum Gasteiger partial charge on any atom is -0.465 e. The Balaban J connectivity index is 1.52. The van der Waals surface area contributed by atoms with Gasteiger partial charge in [-0.25, -0.2) is 18.2 Å². The molecule has 1 atom stereocenters. The molecule has 0 radical (unpaired) electrons. The number of hydrogen-bond acceptors (Lipinski definition) is 7. The number of benzene rings is 4. The molecule has 0 saturated heterocycles. The Morgan fingerprint density at radius 2 is 1.53 bits per heavy atom. The van der Waals surface area contributed by atoms with E-state index in [4.69, 9.17) is 9.72 Å². The van der Waals surface area contributed by atoms with Crippen LogP contribution in [-0.2, 0) is 20.0 Å². The highest BCUT2D eigenvalue weighted by Crippen LogP contribution is 2.26. The summed E-state index contributed by atoms with van der Waals surface area (Å²) in [6.07, 6.45) is 0. The van der Waals surface area contributed by atoms with Crippen LogP contribution in [0.4, 0.5) is 0 Å². The Labute approximate surface area is 263 Å². The molecule has 5 rings (SSSR count). The predicted molar refractivity (Wildman–Crippen MR) is 178 cm³/mol. The van der Waals surface area contributed by atoms with E-state index in [0.717, 1.165) is 22.3 Å². The molecule has 0 fully saturated rings. The maximum atomic E-state index is 14.2. The van der Waals surface area contributed by atoms with Crippen molar-refractivity contribution in [2.24, 2.45) is 0 Å². The Bertz CT molecular complexity index is 2030. The lowest BCUT2D eigenvalue weighted by molar-refractivity contribution is 0.0600. The summed E-state index contributed by atoms with van der Waals surface area (Å²) >= 11 is 0. The molecule has 1 unspecified atom stereocenters. The summed E-state index contributed by atoms with van der Waals surface area (Å²) in [5.74, 6) is -0.359. The van der Waals surface area contributed by atoms with E-state index in [2.05, 4.69) is 26.1 Å². The summed E-state index contributed by atoms with van der Waals surface area (Å²) in [7, 11) is -2.33. The van der Waals surface area contributed by atoms with Crippen LogP contribution < -0.4 is 10.9 Å². The van der Waals surface area contributed by atoms with Crippen LogP contribution in [0.3, 0.4) is 0 Å². The number of methoxy groups -OCH3 is 1.